The van der Waals surface area contributed by atoms with Crippen molar-refractivity contribution < 1.29 is 4.74 Å². The van der Waals surface area contributed by atoms with Crippen molar-refractivity contribution in [3.8, 4) is 0 Å². The summed E-state index contributed by atoms with van der Waals surface area (Å²) in [5.41, 5.74) is 0. The molecule has 0 radical (unpaired) electrons. The van der Waals surface area contributed by atoms with Gasteiger partial charge in [0.1, 0.15) is 0 Å². The van der Waals surface area contributed by atoms with Crippen LogP contribution in [0.25, 0.3) is 0 Å². The fraction of sp³-hybridized carbons (Fsp3) is 0.955. The van der Waals surface area contributed by atoms with Crippen molar-refractivity contribution in [1.82, 2.24) is 25.3 Å². The molecule has 2 heterocycles. The Labute approximate surface area is 179 Å². The molecule has 170 valence electrons. The van der Waals surface area contributed by atoms with E-state index in [9.17, 15) is 0 Å². The van der Waals surface area contributed by atoms with Gasteiger partial charge >= 0.3 is 0 Å². The van der Waals surface area contributed by atoms with E-state index >= 15 is 0 Å². The van der Waals surface area contributed by atoms with Crippen molar-refractivity contribution in [1.29, 1.82) is 0 Å². The van der Waals surface area contributed by atoms with E-state index in [4.69, 9.17) is 9.73 Å². The summed E-state index contributed by atoms with van der Waals surface area (Å²) in [5.74, 6) is 1.64. The van der Waals surface area contributed by atoms with E-state index in [1.807, 2.05) is 0 Å². The molecule has 2 N–H and O–H groups in total. The van der Waals surface area contributed by atoms with Gasteiger partial charge < -0.3 is 20.3 Å². The van der Waals surface area contributed by atoms with E-state index < -0.39 is 0 Å². The Bertz CT molecular complexity index is 458. The van der Waals surface area contributed by atoms with Crippen LogP contribution in [0.1, 0.15) is 41.0 Å². The molecule has 2 saturated heterocycles. The molecule has 7 nitrogen and oxygen atoms in total. The van der Waals surface area contributed by atoms with Crippen molar-refractivity contribution >= 4 is 5.96 Å². The van der Waals surface area contributed by atoms with Crippen LogP contribution in [0.3, 0.4) is 0 Å². The summed E-state index contributed by atoms with van der Waals surface area (Å²) in [7, 11) is 0. The summed E-state index contributed by atoms with van der Waals surface area (Å²) in [5, 5.41) is 7.07. The molecular formula is C22H46N6O. The fourth-order valence-corrected chi connectivity index (χ4v) is 4.26. The second-order valence-electron chi connectivity index (χ2n) is 8.85. The number of hydrogen-bond acceptors (Lipinski definition) is 5. The molecule has 0 aliphatic carbocycles. The zero-order valence-corrected chi connectivity index (χ0v) is 19.6. The van der Waals surface area contributed by atoms with Gasteiger partial charge in [0, 0.05) is 64.4 Å². The lowest BCUT2D eigenvalue weighted by Gasteiger charge is -2.37. The van der Waals surface area contributed by atoms with Gasteiger partial charge in [0.25, 0.3) is 0 Å². The van der Waals surface area contributed by atoms with Crippen molar-refractivity contribution in [2.24, 2.45) is 10.9 Å². The van der Waals surface area contributed by atoms with Gasteiger partial charge in [-0.05, 0) is 32.7 Å². The maximum absolute atomic E-state index is 5.55. The van der Waals surface area contributed by atoms with Crippen LogP contribution in [0, 0.1) is 5.92 Å². The fourth-order valence-electron chi connectivity index (χ4n) is 4.26. The summed E-state index contributed by atoms with van der Waals surface area (Å²) in [6.07, 6.45) is 1.20. The first kappa shape index (κ1) is 24.4. The number of morpholine rings is 1. The number of ether oxygens (including phenoxy) is 1. The molecule has 2 aliphatic heterocycles. The van der Waals surface area contributed by atoms with Crippen molar-refractivity contribution in [3.63, 3.8) is 0 Å². The van der Waals surface area contributed by atoms with E-state index in [-0.39, 0.29) is 0 Å². The van der Waals surface area contributed by atoms with Gasteiger partial charge in [0.05, 0.1) is 19.8 Å². The molecule has 2 atom stereocenters. The number of rotatable bonds is 10. The number of guanidine groups is 1. The van der Waals surface area contributed by atoms with Gasteiger partial charge in [-0.25, -0.2) is 0 Å². The summed E-state index contributed by atoms with van der Waals surface area (Å²) >= 11 is 0. The monoisotopic (exact) mass is 410 g/mol. The van der Waals surface area contributed by atoms with Crippen LogP contribution in [0.4, 0.5) is 0 Å². The average Bonchev–Trinajstić information content (AvgIpc) is 2.74. The molecule has 0 saturated carbocycles. The lowest BCUT2D eigenvalue weighted by molar-refractivity contribution is 0.0132. The molecular weight excluding hydrogens is 364 g/mol. The highest BCUT2D eigenvalue weighted by atomic mass is 16.5. The van der Waals surface area contributed by atoms with Crippen LogP contribution in [-0.2, 0) is 4.74 Å². The first-order valence-corrected chi connectivity index (χ1v) is 11.8. The molecule has 7 heteroatoms. The highest BCUT2D eigenvalue weighted by Crippen LogP contribution is 2.13. The van der Waals surface area contributed by atoms with Gasteiger partial charge in [-0.15, -0.1) is 0 Å². The van der Waals surface area contributed by atoms with E-state index in [0.29, 0.717) is 18.0 Å². The Morgan fingerprint density at radius 3 is 2.21 bits per heavy atom. The Hall–Kier alpha value is -0.890. The van der Waals surface area contributed by atoms with Crippen LogP contribution >= 0.6 is 0 Å². The molecule has 29 heavy (non-hydrogen) atoms. The van der Waals surface area contributed by atoms with Crippen LogP contribution in [0.5, 0.6) is 0 Å². The van der Waals surface area contributed by atoms with Crippen LogP contribution in [-0.4, -0.2) is 111 Å². The third kappa shape index (κ3) is 8.79. The summed E-state index contributed by atoms with van der Waals surface area (Å²) in [4.78, 5) is 12.6. The van der Waals surface area contributed by atoms with E-state index in [0.717, 1.165) is 71.5 Å². The highest BCUT2D eigenvalue weighted by Gasteiger charge is 2.23. The molecule has 0 aromatic rings. The third-order valence-electron chi connectivity index (χ3n) is 6.15. The molecule has 0 spiro atoms. The first-order valence-electron chi connectivity index (χ1n) is 11.8. The van der Waals surface area contributed by atoms with E-state index in [1.54, 1.807) is 0 Å². The second-order valence-corrected chi connectivity index (χ2v) is 8.85. The number of piperazine rings is 1. The topological polar surface area (TPSA) is 55.4 Å². The molecule has 0 amide bonds. The van der Waals surface area contributed by atoms with E-state index in [1.165, 1.54) is 19.5 Å². The summed E-state index contributed by atoms with van der Waals surface area (Å²) in [6, 6.07) is 1.01. The predicted molar refractivity (Wildman–Crippen MR) is 123 cm³/mol. The maximum Gasteiger partial charge on any atom is 0.191 e. The summed E-state index contributed by atoms with van der Waals surface area (Å²) < 4.78 is 5.55. The number of aliphatic imine (C=N–C) groups is 1. The number of nitrogens with one attached hydrogen (secondary N) is 2. The lowest BCUT2D eigenvalue weighted by Crippen LogP contribution is -2.52. The first-order chi connectivity index (χ1) is 14.0. The normalized spacial score (nSPS) is 22.6. The maximum atomic E-state index is 5.55. The minimum Gasteiger partial charge on any atom is -0.379 e. The highest BCUT2D eigenvalue weighted by molar-refractivity contribution is 5.79. The predicted octanol–water partition coefficient (Wildman–Crippen LogP) is 1.31. The number of nitrogens with zero attached hydrogens (tertiary/aromatic N) is 4. The molecule has 2 rings (SSSR count). The van der Waals surface area contributed by atoms with Crippen molar-refractivity contribution in [2.75, 3.05) is 78.7 Å². The molecule has 2 aliphatic rings. The molecule has 0 bridgehead atoms. The Kier molecular flexibility index (Phi) is 11.3. The summed E-state index contributed by atoms with van der Waals surface area (Å²) in [6.45, 7) is 23.6. The molecule has 2 unspecified atom stereocenters. The Morgan fingerprint density at radius 2 is 1.62 bits per heavy atom. The quantitative estimate of drug-likeness (QED) is 0.418. The van der Waals surface area contributed by atoms with E-state index in [2.05, 4.69) is 60.0 Å². The molecule has 0 aromatic carbocycles. The van der Waals surface area contributed by atoms with Gasteiger partial charge in [-0.3, -0.25) is 14.8 Å². The van der Waals surface area contributed by atoms with Crippen LogP contribution in [0.2, 0.25) is 0 Å². The van der Waals surface area contributed by atoms with Gasteiger partial charge in [0.15, 0.2) is 5.96 Å². The zero-order chi connectivity index (χ0) is 21.1. The standard InChI is InChI=1S/C22H46N6O/c1-6-23-22(24-17-20(5)27-10-8-26(7-2)9-11-27)25-18-21(16-19(3)4)28-12-14-29-15-13-28/h19-21H,6-18H2,1-5H3,(H2,23,24,25). The smallest absolute Gasteiger partial charge is 0.191 e. The minimum atomic E-state index is 0.482. The Morgan fingerprint density at radius 1 is 0.931 bits per heavy atom. The SMILES string of the molecule is CCNC(=NCC(C)N1CCN(CC)CC1)NCC(CC(C)C)N1CCOCC1. The van der Waals surface area contributed by atoms with Gasteiger partial charge in [-0.2, -0.15) is 0 Å². The minimum absolute atomic E-state index is 0.482. The van der Waals surface area contributed by atoms with Crippen LogP contribution < -0.4 is 10.6 Å². The zero-order valence-electron chi connectivity index (χ0n) is 19.6. The number of likely N-dealkylation sites (N-methyl/N-ethyl adjacent to an activating group) is 1. The number of hydrogen-bond donors (Lipinski definition) is 2. The third-order valence-corrected chi connectivity index (χ3v) is 6.15. The Balaban J connectivity index is 1.86. The molecule has 0 aromatic heterocycles. The molecule has 2 fully saturated rings. The van der Waals surface area contributed by atoms with Gasteiger partial charge in [0.2, 0.25) is 0 Å². The largest absolute Gasteiger partial charge is 0.379 e. The second kappa shape index (κ2) is 13.4. The van der Waals surface area contributed by atoms with Gasteiger partial charge in [-0.1, -0.05) is 20.8 Å². The van der Waals surface area contributed by atoms with Crippen LogP contribution in [0.15, 0.2) is 4.99 Å². The van der Waals surface area contributed by atoms with Crippen molar-refractivity contribution in [2.45, 2.75) is 53.1 Å². The lowest BCUT2D eigenvalue weighted by atomic mass is 10.0. The van der Waals surface area contributed by atoms with Crippen molar-refractivity contribution in [3.05, 3.63) is 0 Å². The average molecular weight is 411 g/mol.